The molecule has 0 unspecified atom stereocenters. The number of rotatable bonds is 6. The van der Waals surface area contributed by atoms with E-state index >= 15 is 0 Å². The molecule has 7 nitrogen and oxygen atoms in total. The third kappa shape index (κ3) is 3.59. The summed E-state index contributed by atoms with van der Waals surface area (Å²) in [6.45, 7) is 1.64. The lowest BCUT2D eigenvalue weighted by Crippen LogP contribution is -2.28. The monoisotopic (exact) mass is 388 g/mol. The average Bonchev–Trinajstić information content (AvgIpc) is 2.93. The minimum absolute atomic E-state index is 0.0160. The summed E-state index contributed by atoms with van der Waals surface area (Å²) in [6, 6.07) is 6.17. The zero-order valence-corrected chi connectivity index (χ0v) is 15.3. The zero-order chi connectivity index (χ0) is 19.7. The molecular weight excluding hydrogens is 371 g/mol. The molecule has 9 heteroatoms. The van der Waals surface area contributed by atoms with Gasteiger partial charge in [-0.15, -0.1) is 11.3 Å². The Bertz CT molecular complexity index is 1120. The van der Waals surface area contributed by atoms with Crippen molar-refractivity contribution in [1.29, 1.82) is 0 Å². The molecule has 0 fully saturated rings. The van der Waals surface area contributed by atoms with Crippen LogP contribution in [0, 0.1) is 12.7 Å². The van der Waals surface area contributed by atoms with Crippen LogP contribution in [0.4, 0.5) is 4.39 Å². The summed E-state index contributed by atoms with van der Waals surface area (Å²) in [7, 11) is 0. The van der Waals surface area contributed by atoms with Gasteiger partial charge in [-0.05, 0) is 24.1 Å². The number of aromatic nitrogens is 2. The molecule has 0 spiro atoms. The van der Waals surface area contributed by atoms with Crippen LogP contribution in [0.15, 0.2) is 29.1 Å². The fourth-order valence-electron chi connectivity index (χ4n) is 2.89. The van der Waals surface area contributed by atoms with Crippen molar-refractivity contribution in [2.24, 2.45) is 11.5 Å². The third-order valence-corrected chi connectivity index (χ3v) is 5.44. The highest BCUT2D eigenvalue weighted by Gasteiger charge is 2.21. The molecule has 0 aliphatic rings. The van der Waals surface area contributed by atoms with E-state index < -0.39 is 23.2 Å². The molecule has 0 bridgehead atoms. The van der Waals surface area contributed by atoms with Gasteiger partial charge in [-0.2, -0.15) is 0 Å². The van der Waals surface area contributed by atoms with E-state index in [-0.39, 0.29) is 35.5 Å². The predicted octanol–water partition coefficient (Wildman–Crippen LogP) is 1.47. The lowest BCUT2D eigenvalue weighted by Gasteiger charge is -2.12. The van der Waals surface area contributed by atoms with Gasteiger partial charge in [0.1, 0.15) is 16.5 Å². The summed E-state index contributed by atoms with van der Waals surface area (Å²) in [6.07, 6.45) is -0.0112. The second-order valence-corrected chi connectivity index (χ2v) is 7.07. The number of fused-ring (bicyclic) bond motifs is 1. The van der Waals surface area contributed by atoms with Gasteiger partial charge in [0.25, 0.3) is 11.5 Å². The summed E-state index contributed by atoms with van der Waals surface area (Å²) in [5, 5.41) is 0.274. The van der Waals surface area contributed by atoms with Crippen molar-refractivity contribution in [3.05, 3.63) is 62.3 Å². The number of halogens is 1. The van der Waals surface area contributed by atoms with Crippen molar-refractivity contribution in [2.45, 2.75) is 26.3 Å². The lowest BCUT2D eigenvalue weighted by molar-refractivity contribution is -0.118. The number of aryl methyl sites for hydroxylation is 1. The molecule has 0 saturated heterocycles. The Morgan fingerprint density at radius 1 is 1.26 bits per heavy atom. The normalized spacial score (nSPS) is 11.0. The smallest absolute Gasteiger partial charge is 0.262 e. The Morgan fingerprint density at radius 2 is 1.96 bits per heavy atom. The van der Waals surface area contributed by atoms with Gasteiger partial charge in [-0.25, -0.2) is 9.37 Å². The number of amides is 2. The van der Waals surface area contributed by atoms with Crippen LogP contribution in [0.5, 0.6) is 0 Å². The van der Waals surface area contributed by atoms with Gasteiger partial charge in [0.05, 0.1) is 10.3 Å². The SMILES string of the molecule is Cc1c(C(N)=O)sc2nc(Cc3ccccc3F)n(CCC(N)=O)c(=O)c12. The zero-order valence-electron chi connectivity index (χ0n) is 14.5. The Morgan fingerprint density at radius 3 is 2.59 bits per heavy atom. The maximum Gasteiger partial charge on any atom is 0.262 e. The van der Waals surface area contributed by atoms with Gasteiger partial charge in [0.2, 0.25) is 5.91 Å². The number of carbonyl (C=O) groups excluding carboxylic acids is 2. The van der Waals surface area contributed by atoms with E-state index in [2.05, 4.69) is 4.98 Å². The van der Waals surface area contributed by atoms with Crippen LogP contribution >= 0.6 is 11.3 Å². The summed E-state index contributed by atoms with van der Waals surface area (Å²) < 4.78 is 15.4. The number of thiophene rings is 1. The number of primary amides is 2. The fraction of sp³-hybridized carbons (Fsp3) is 0.222. The molecule has 0 aliphatic carbocycles. The maximum absolute atomic E-state index is 14.1. The summed E-state index contributed by atoms with van der Waals surface area (Å²) >= 11 is 1.02. The first-order valence-electron chi connectivity index (χ1n) is 8.14. The molecule has 0 aliphatic heterocycles. The summed E-state index contributed by atoms with van der Waals surface area (Å²) in [4.78, 5) is 40.9. The molecule has 140 valence electrons. The minimum Gasteiger partial charge on any atom is -0.370 e. The van der Waals surface area contributed by atoms with Crippen molar-refractivity contribution in [2.75, 3.05) is 0 Å². The highest BCUT2D eigenvalue weighted by Crippen LogP contribution is 2.27. The van der Waals surface area contributed by atoms with Crippen LogP contribution in [-0.4, -0.2) is 21.4 Å². The molecule has 3 rings (SSSR count). The Balaban J connectivity index is 2.22. The maximum atomic E-state index is 14.1. The van der Waals surface area contributed by atoms with E-state index in [1.54, 1.807) is 25.1 Å². The first-order chi connectivity index (χ1) is 12.8. The quantitative estimate of drug-likeness (QED) is 0.664. The molecule has 2 aromatic heterocycles. The van der Waals surface area contributed by atoms with Crippen LogP contribution in [-0.2, 0) is 17.8 Å². The van der Waals surface area contributed by atoms with Gasteiger partial charge in [0.15, 0.2) is 0 Å². The topological polar surface area (TPSA) is 121 Å². The largest absolute Gasteiger partial charge is 0.370 e. The second-order valence-electron chi connectivity index (χ2n) is 6.07. The Kier molecular flexibility index (Phi) is 5.04. The van der Waals surface area contributed by atoms with E-state index in [4.69, 9.17) is 11.5 Å². The molecule has 0 atom stereocenters. The van der Waals surface area contributed by atoms with Crippen LogP contribution in [0.2, 0.25) is 0 Å². The molecule has 2 amide bonds. The molecule has 27 heavy (non-hydrogen) atoms. The highest BCUT2D eigenvalue weighted by molar-refractivity contribution is 7.20. The standard InChI is InChI=1S/C18H17FN4O3S/c1-9-14-17(27-15(9)16(21)25)22-13(8-10-4-2-3-5-11(10)19)23(18(14)26)7-6-12(20)24/h2-5H,6-8H2,1H3,(H2,20,24)(H2,21,25). The van der Waals surface area contributed by atoms with E-state index in [1.165, 1.54) is 10.6 Å². The Hall–Kier alpha value is -3.07. The molecule has 1 aromatic carbocycles. The van der Waals surface area contributed by atoms with Gasteiger partial charge >= 0.3 is 0 Å². The number of carbonyl (C=O) groups is 2. The number of nitrogens with zero attached hydrogens (tertiary/aromatic N) is 2. The van der Waals surface area contributed by atoms with Gasteiger partial charge in [-0.3, -0.25) is 19.0 Å². The predicted molar refractivity (Wildman–Crippen MR) is 100 cm³/mol. The number of hydrogen-bond donors (Lipinski definition) is 2. The van der Waals surface area contributed by atoms with Crippen LogP contribution in [0.1, 0.15) is 33.0 Å². The van der Waals surface area contributed by atoms with Crippen molar-refractivity contribution in [1.82, 2.24) is 9.55 Å². The fourth-order valence-corrected chi connectivity index (χ4v) is 3.94. The van der Waals surface area contributed by atoms with Crippen LogP contribution in [0.3, 0.4) is 0 Å². The summed E-state index contributed by atoms with van der Waals surface area (Å²) in [5.74, 6) is -1.35. The molecule has 3 aromatic rings. The molecule has 2 heterocycles. The number of nitrogens with two attached hydrogens (primary N) is 2. The van der Waals surface area contributed by atoms with Crippen molar-refractivity contribution >= 4 is 33.4 Å². The minimum atomic E-state index is -0.644. The molecule has 4 N–H and O–H groups in total. The van der Waals surface area contributed by atoms with E-state index in [0.717, 1.165) is 11.3 Å². The van der Waals surface area contributed by atoms with Crippen molar-refractivity contribution < 1.29 is 14.0 Å². The molecule has 0 radical (unpaired) electrons. The molecular formula is C18H17FN4O3S. The van der Waals surface area contributed by atoms with Gasteiger partial charge < -0.3 is 11.5 Å². The van der Waals surface area contributed by atoms with Crippen LogP contribution < -0.4 is 17.0 Å². The van der Waals surface area contributed by atoms with Gasteiger partial charge in [0, 0.05) is 19.4 Å². The van der Waals surface area contributed by atoms with Crippen molar-refractivity contribution in [3.8, 4) is 0 Å². The average molecular weight is 388 g/mol. The summed E-state index contributed by atoms with van der Waals surface area (Å²) in [5.41, 5.74) is 11.0. The second kappa shape index (κ2) is 7.28. The van der Waals surface area contributed by atoms with E-state index in [1.807, 2.05) is 0 Å². The van der Waals surface area contributed by atoms with Crippen molar-refractivity contribution in [3.63, 3.8) is 0 Å². The first-order valence-corrected chi connectivity index (χ1v) is 8.95. The highest BCUT2D eigenvalue weighted by atomic mass is 32.1. The first kappa shape index (κ1) is 18.7. The lowest BCUT2D eigenvalue weighted by atomic mass is 10.1. The van der Waals surface area contributed by atoms with Crippen LogP contribution in [0.25, 0.3) is 10.2 Å². The van der Waals surface area contributed by atoms with E-state index in [9.17, 15) is 18.8 Å². The van der Waals surface area contributed by atoms with Gasteiger partial charge in [-0.1, -0.05) is 18.2 Å². The third-order valence-electron chi connectivity index (χ3n) is 4.24. The number of benzene rings is 1. The Labute approximate surface area is 157 Å². The number of hydrogen-bond acceptors (Lipinski definition) is 5. The van der Waals surface area contributed by atoms with E-state index in [0.29, 0.717) is 16.0 Å². The molecule has 0 saturated carbocycles.